The summed E-state index contributed by atoms with van der Waals surface area (Å²) < 4.78 is 16.3. The lowest BCUT2D eigenvalue weighted by atomic mass is 10.1. The molecule has 1 N–H and O–H groups in total. The Morgan fingerprint density at radius 1 is 1.31 bits per heavy atom. The summed E-state index contributed by atoms with van der Waals surface area (Å²) in [6, 6.07) is 5.89. The van der Waals surface area contributed by atoms with Crippen LogP contribution in [-0.4, -0.2) is 20.3 Å². The molecule has 0 aliphatic carbocycles. The number of carbonyl (C=O) groups is 1. The molecule has 0 aliphatic heterocycles. The van der Waals surface area contributed by atoms with Crippen LogP contribution >= 0.6 is 11.3 Å². The maximum absolute atomic E-state index is 13.2. The standard InChI is InChI=1S/C18H19FN4O2S/c1-4-14-15(9-22(3)21-14)20-16(24)10-23-17(11(2)26-18(23)25)12-5-7-13(19)8-6-12/h5-9H,4,10H2,1-3H3,(H,20,24). The number of hydrogen-bond donors (Lipinski definition) is 1. The molecule has 1 aromatic carbocycles. The first-order chi connectivity index (χ1) is 12.4. The van der Waals surface area contributed by atoms with Crippen molar-refractivity contribution in [3.05, 3.63) is 56.5 Å². The number of aromatic nitrogens is 3. The van der Waals surface area contributed by atoms with Crippen LogP contribution in [0.1, 0.15) is 17.5 Å². The number of nitrogens with one attached hydrogen (secondary N) is 1. The lowest BCUT2D eigenvalue weighted by Gasteiger charge is -2.10. The number of rotatable bonds is 5. The Morgan fingerprint density at radius 3 is 2.65 bits per heavy atom. The van der Waals surface area contributed by atoms with Crippen molar-refractivity contribution in [3.63, 3.8) is 0 Å². The fourth-order valence-electron chi connectivity index (χ4n) is 2.86. The molecule has 1 amide bonds. The summed E-state index contributed by atoms with van der Waals surface area (Å²) in [5.74, 6) is -0.659. The zero-order valence-electron chi connectivity index (χ0n) is 14.7. The van der Waals surface area contributed by atoms with E-state index in [2.05, 4.69) is 10.4 Å². The van der Waals surface area contributed by atoms with E-state index in [1.54, 1.807) is 30.1 Å². The molecule has 2 aromatic heterocycles. The monoisotopic (exact) mass is 374 g/mol. The second-order valence-electron chi connectivity index (χ2n) is 5.93. The lowest BCUT2D eigenvalue weighted by molar-refractivity contribution is -0.116. The van der Waals surface area contributed by atoms with Crippen molar-refractivity contribution in [1.29, 1.82) is 0 Å². The predicted octanol–water partition coefficient (Wildman–Crippen LogP) is 2.96. The third-order valence-electron chi connectivity index (χ3n) is 4.00. The Labute approximate surface area is 153 Å². The van der Waals surface area contributed by atoms with E-state index in [4.69, 9.17) is 0 Å². The molecule has 3 aromatic rings. The number of amides is 1. The highest BCUT2D eigenvalue weighted by atomic mass is 32.1. The summed E-state index contributed by atoms with van der Waals surface area (Å²) >= 11 is 1.07. The Bertz CT molecular complexity index is 1000. The molecule has 8 heteroatoms. The molecular formula is C18H19FN4O2S. The molecule has 26 heavy (non-hydrogen) atoms. The molecule has 0 fully saturated rings. The van der Waals surface area contributed by atoms with Crippen molar-refractivity contribution in [2.24, 2.45) is 7.05 Å². The quantitative estimate of drug-likeness (QED) is 0.747. The minimum Gasteiger partial charge on any atom is -0.322 e. The topological polar surface area (TPSA) is 68.9 Å². The van der Waals surface area contributed by atoms with Crippen LogP contribution in [0, 0.1) is 12.7 Å². The Balaban J connectivity index is 1.89. The summed E-state index contributed by atoms with van der Waals surface area (Å²) in [6.45, 7) is 3.65. The molecule has 0 bridgehead atoms. The molecule has 3 rings (SSSR count). The van der Waals surface area contributed by atoms with Gasteiger partial charge in [0.2, 0.25) is 5.91 Å². The van der Waals surface area contributed by atoms with E-state index >= 15 is 0 Å². The van der Waals surface area contributed by atoms with Gasteiger partial charge in [0, 0.05) is 18.1 Å². The van der Waals surface area contributed by atoms with Crippen LogP contribution < -0.4 is 10.2 Å². The van der Waals surface area contributed by atoms with E-state index in [-0.39, 0.29) is 23.1 Å². The maximum atomic E-state index is 13.2. The predicted molar refractivity (Wildman–Crippen MR) is 99.9 cm³/mol. The Hall–Kier alpha value is -2.74. The second-order valence-corrected chi connectivity index (χ2v) is 7.10. The molecule has 0 spiro atoms. The molecule has 6 nitrogen and oxygen atoms in total. The van der Waals surface area contributed by atoms with Crippen molar-refractivity contribution >= 4 is 22.9 Å². The van der Waals surface area contributed by atoms with Gasteiger partial charge in [0.15, 0.2) is 0 Å². The van der Waals surface area contributed by atoms with Crippen molar-refractivity contribution in [2.75, 3.05) is 5.32 Å². The number of thiazole rings is 1. The molecule has 136 valence electrons. The fraction of sp³-hybridized carbons (Fsp3) is 0.278. The highest BCUT2D eigenvalue weighted by Crippen LogP contribution is 2.25. The van der Waals surface area contributed by atoms with Gasteiger partial charge in [-0.15, -0.1) is 0 Å². The summed E-state index contributed by atoms with van der Waals surface area (Å²) in [7, 11) is 1.79. The van der Waals surface area contributed by atoms with Gasteiger partial charge in [0.25, 0.3) is 0 Å². The smallest absolute Gasteiger partial charge is 0.308 e. The first kappa shape index (κ1) is 18.1. The summed E-state index contributed by atoms with van der Waals surface area (Å²) in [5, 5.41) is 7.10. The minimum absolute atomic E-state index is 0.117. The third kappa shape index (κ3) is 3.60. The van der Waals surface area contributed by atoms with Crippen LogP contribution in [0.4, 0.5) is 10.1 Å². The van der Waals surface area contributed by atoms with Gasteiger partial charge < -0.3 is 5.32 Å². The van der Waals surface area contributed by atoms with E-state index in [0.717, 1.165) is 21.9 Å². The summed E-state index contributed by atoms with van der Waals surface area (Å²) in [5.41, 5.74) is 2.76. The van der Waals surface area contributed by atoms with Crippen LogP contribution in [0.2, 0.25) is 0 Å². The third-order valence-corrected chi connectivity index (χ3v) is 4.89. The van der Waals surface area contributed by atoms with Gasteiger partial charge in [-0.3, -0.25) is 18.8 Å². The number of halogens is 1. The van der Waals surface area contributed by atoms with Crippen molar-refractivity contribution in [2.45, 2.75) is 26.8 Å². The SMILES string of the molecule is CCc1nn(C)cc1NC(=O)Cn1c(-c2ccc(F)cc2)c(C)sc1=O. The van der Waals surface area contributed by atoms with Crippen LogP contribution in [0.3, 0.4) is 0 Å². The van der Waals surface area contributed by atoms with Crippen molar-refractivity contribution in [1.82, 2.24) is 14.3 Å². The maximum Gasteiger partial charge on any atom is 0.308 e. The first-order valence-corrected chi connectivity index (χ1v) is 8.99. The normalized spacial score (nSPS) is 10.9. The average molecular weight is 374 g/mol. The van der Waals surface area contributed by atoms with Crippen LogP contribution in [-0.2, 0) is 24.8 Å². The van der Waals surface area contributed by atoms with Crippen LogP contribution in [0.5, 0.6) is 0 Å². The van der Waals surface area contributed by atoms with Crippen LogP contribution in [0.15, 0.2) is 35.3 Å². The van der Waals surface area contributed by atoms with E-state index in [1.807, 2.05) is 13.8 Å². The molecular weight excluding hydrogens is 355 g/mol. The number of nitrogens with zero attached hydrogens (tertiary/aromatic N) is 3. The molecule has 0 atom stereocenters. The number of benzene rings is 1. The number of carbonyl (C=O) groups excluding carboxylic acids is 1. The lowest BCUT2D eigenvalue weighted by Crippen LogP contribution is -2.25. The van der Waals surface area contributed by atoms with E-state index in [9.17, 15) is 14.0 Å². The molecule has 0 radical (unpaired) electrons. The fourth-order valence-corrected chi connectivity index (χ4v) is 3.71. The molecule has 0 unspecified atom stereocenters. The van der Waals surface area contributed by atoms with Gasteiger partial charge in [-0.1, -0.05) is 18.3 Å². The van der Waals surface area contributed by atoms with Gasteiger partial charge in [-0.25, -0.2) is 4.39 Å². The van der Waals surface area contributed by atoms with E-state index < -0.39 is 0 Å². The zero-order chi connectivity index (χ0) is 18.8. The number of anilines is 1. The van der Waals surface area contributed by atoms with Crippen molar-refractivity contribution < 1.29 is 9.18 Å². The minimum atomic E-state index is -0.350. The van der Waals surface area contributed by atoms with Gasteiger partial charge in [0.1, 0.15) is 12.4 Å². The van der Waals surface area contributed by atoms with Crippen molar-refractivity contribution in [3.8, 4) is 11.3 Å². The highest BCUT2D eigenvalue weighted by molar-refractivity contribution is 7.09. The average Bonchev–Trinajstić information content (AvgIpc) is 3.07. The Morgan fingerprint density at radius 2 is 2.00 bits per heavy atom. The molecule has 0 aliphatic rings. The van der Waals surface area contributed by atoms with E-state index in [0.29, 0.717) is 23.4 Å². The first-order valence-electron chi connectivity index (χ1n) is 8.17. The number of hydrogen-bond acceptors (Lipinski definition) is 4. The number of aryl methyl sites for hydroxylation is 3. The Kier molecular flexibility index (Phi) is 5.03. The summed E-state index contributed by atoms with van der Waals surface area (Å²) in [4.78, 5) is 25.4. The zero-order valence-corrected chi connectivity index (χ0v) is 15.6. The van der Waals surface area contributed by atoms with E-state index in [1.165, 1.54) is 16.7 Å². The van der Waals surface area contributed by atoms with Gasteiger partial charge in [-0.2, -0.15) is 5.10 Å². The molecule has 0 saturated carbocycles. The summed E-state index contributed by atoms with van der Waals surface area (Å²) in [6.07, 6.45) is 2.42. The second kappa shape index (κ2) is 7.25. The van der Waals surface area contributed by atoms with Gasteiger partial charge >= 0.3 is 4.87 Å². The highest BCUT2D eigenvalue weighted by Gasteiger charge is 2.17. The molecule has 0 saturated heterocycles. The van der Waals surface area contributed by atoms with Gasteiger partial charge in [0.05, 0.1) is 17.1 Å². The van der Waals surface area contributed by atoms with Gasteiger partial charge in [-0.05, 0) is 43.2 Å². The largest absolute Gasteiger partial charge is 0.322 e. The van der Waals surface area contributed by atoms with Crippen LogP contribution in [0.25, 0.3) is 11.3 Å². The molecule has 2 heterocycles.